The Morgan fingerprint density at radius 1 is 1.42 bits per heavy atom. The third-order valence-corrected chi connectivity index (χ3v) is 2.02. The van der Waals surface area contributed by atoms with Crippen LogP contribution in [-0.4, -0.2) is 23.7 Å². The zero-order valence-corrected chi connectivity index (χ0v) is 10.3. The molecule has 0 fully saturated rings. The number of anilines is 1. The molecule has 5 nitrogen and oxygen atoms in total. The van der Waals surface area contributed by atoms with Crippen molar-refractivity contribution >= 4 is 11.4 Å². The molecule has 0 bridgehead atoms. The van der Waals surface area contributed by atoms with Crippen molar-refractivity contribution in [2.45, 2.75) is 26.1 Å². The van der Waals surface area contributed by atoms with Crippen LogP contribution < -0.4 is 10.1 Å². The van der Waals surface area contributed by atoms with Gasteiger partial charge in [-0.2, -0.15) is 13.2 Å². The van der Waals surface area contributed by atoms with Crippen molar-refractivity contribution in [2.75, 3.05) is 11.9 Å². The first-order valence-electron chi connectivity index (χ1n) is 5.45. The first-order valence-corrected chi connectivity index (χ1v) is 5.45. The van der Waals surface area contributed by atoms with Gasteiger partial charge in [-0.25, -0.2) is 0 Å². The van der Waals surface area contributed by atoms with E-state index in [9.17, 15) is 23.3 Å². The minimum Gasteiger partial charge on any atom is -0.484 e. The van der Waals surface area contributed by atoms with Crippen LogP contribution in [-0.2, 0) is 0 Å². The Labute approximate surface area is 107 Å². The molecule has 1 aromatic rings. The smallest absolute Gasteiger partial charge is 0.405 e. The van der Waals surface area contributed by atoms with E-state index in [0.717, 1.165) is 0 Å². The van der Waals surface area contributed by atoms with Crippen molar-refractivity contribution < 1.29 is 22.8 Å². The van der Waals surface area contributed by atoms with E-state index in [4.69, 9.17) is 4.74 Å². The molecular weight excluding hydrogens is 265 g/mol. The molecule has 0 saturated heterocycles. The predicted molar refractivity (Wildman–Crippen MR) is 63.4 cm³/mol. The summed E-state index contributed by atoms with van der Waals surface area (Å²) in [5.41, 5.74) is -0.721. The Balaban J connectivity index is 3.06. The van der Waals surface area contributed by atoms with Gasteiger partial charge in [0.05, 0.1) is 11.0 Å². The molecule has 0 unspecified atom stereocenters. The maximum atomic E-state index is 12.1. The molecule has 0 amide bonds. The van der Waals surface area contributed by atoms with Crippen LogP contribution in [0.25, 0.3) is 0 Å². The second-order valence-electron chi connectivity index (χ2n) is 4.04. The van der Waals surface area contributed by atoms with Crippen molar-refractivity contribution in [3.05, 3.63) is 28.3 Å². The molecular formula is C11H13F3N2O3. The molecule has 0 saturated carbocycles. The Hall–Kier alpha value is -1.99. The molecule has 0 heterocycles. The van der Waals surface area contributed by atoms with Crippen LogP contribution in [0.1, 0.15) is 13.8 Å². The SMILES string of the molecule is CC(C)Oc1cccc(NCC(F)(F)F)c1[N+](=O)[O-]. The molecule has 19 heavy (non-hydrogen) atoms. The molecule has 1 N–H and O–H groups in total. The lowest BCUT2D eigenvalue weighted by molar-refractivity contribution is -0.385. The number of nitro benzene ring substituents is 1. The third kappa shape index (κ3) is 4.65. The minimum atomic E-state index is -4.46. The van der Waals surface area contributed by atoms with Gasteiger partial charge < -0.3 is 10.1 Å². The molecule has 1 rings (SSSR count). The van der Waals surface area contributed by atoms with E-state index in [1.165, 1.54) is 18.2 Å². The average Bonchev–Trinajstić information content (AvgIpc) is 2.24. The number of nitrogens with one attached hydrogen (secondary N) is 1. The number of hydrogen-bond donors (Lipinski definition) is 1. The quantitative estimate of drug-likeness (QED) is 0.662. The highest BCUT2D eigenvalue weighted by Crippen LogP contribution is 2.35. The largest absolute Gasteiger partial charge is 0.484 e. The van der Waals surface area contributed by atoms with Gasteiger partial charge in [-0.1, -0.05) is 6.07 Å². The fourth-order valence-electron chi connectivity index (χ4n) is 1.40. The Morgan fingerprint density at radius 3 is 2.53 bits per heavy atom. The number of para-hydroxylation sites is 1. The normalized spacial score (nSPS) is 11.5. The first-order chi connectivity index (χ1) is 8.70. The van der Waals surface area contributed by atoms with Gasteiger partial charge in [0.2, 0.25) is 0 Å². The molecule has 0 radical (unpaired) electrons. The van der Waals surface area contributed by atoms with Crippen molar-refractivity contribution in [2.24, 2.45) is 0 Å². The zero-order chi connectivity index (χ0) is 14.6. The lowest BCUT2D eigenvalue weighted by atomic mass is 10.2. The highest BCUT2D eigenvalue weighted by molar-refractivity contribution is 5.68. The van der Waals surface area contributed by atoms with Crippen molar-refractivity contribution in [3.8, 4) is 5.75 Å². The lowest BCUT2D eigenvalue weighted by Crippen LogP contribution is -2.22. The van der Waals surface area contributed by atoms with Gasteiger partial charge in [-0.3, -0.25) is 10.1 Å². The van der Waals surface area contributed by atoms with E-state index in [0.29, 0.717) is 0 Å². The molecule has 8 heteroatoms. The van der Waals surface area contributed by atoms with Gasteiger partial charge in [-0.15, -0.1) is 0 Å². The third-order valence-electron chi connectivity index (χ3n) is 2.02. The number of nitrogens with zero attached hydrogens (tertiary/aromatic N) is 1. The Morgan fingerprint density at radius 2 is 2.05 bits per heavy atom. The fourth-order valence-corrected chi connectivity index (χ4v) is 1.40. The van der Waals surface area contributed by atoms with Gasteiger partial charge in [0.25, 0.3) is 0 Å². The summed E-state index contributed by atoms with van der Waals surface area (Å²) < 4.78 is 41.6. The summed E-state index contributed by atoms with van der Waals surface area (Å²) >= 11 is 0. The summed E-state index contributed by atoms with van der Waals surface area (Å²) in [4.78, 5) is 10.2. The summed E-state index contributed by atoms with van der Waals surface area (Å²) in [6.07, 6.45) is -4.78. The number of halogens is 3. The van der Waals surface area contributed by atoms with Crippen LogP contribution >= 0.6 is 0 Å². The summed E-state index contributed by atoms with van der Waals surface area (Å²) in [5.74, 6) is -0.0628. The number of hydrogen-bond acceptors (Lipinski definition) is 4. The van der Waals surface area contributed by atoms with Gasteiger partial charge in [0.1, 0.15) is 12.2 Å². The fraction of sp³-hybridized carbons (Fsp3) is 0.455. The van der Waals surface area contributed by atoms with Gasteiger partial charge in [-0.05, 0) is 26.0 Å². The lowest BCUT2D eigenvalue weighted by Gasteiger charge is -2.14. The summed E-state index contributed by atoms with van der Waals surface area (Å²) in [5, 5.41) is 13.0. The summed E-state index contributed by atoms with van der Waals surface area (Å²) in [6.45, 7) is 1.98. The van der Waals surface area contributed by atoms with Gasteiger partial charge in [0.15, 0.2) is 5.75 Å². The Bertz CT molecular complexity index is 461. The number of rotatable bonds is 5. The summed E-state index contributed by atoms with van der Waals surface area (Å²) in [6, 6.07) is 3.94. The van der Waals surface area contributed by atoms with Gasteiger partial charge >= 0.3 is 11.9 Å². The molecule has 1 aromatic carbocycles. The standard InChI is InChI=1S/C11H13F3N2O3/c1-7(2)19-9-5-3-4-8(10(9)16(17)18)15-6-11(12,13)14/h3-5,7,15H,6H2,1-2H3. The van der Waals surface area contributed by atoms with Crippen LogP contribution in [0.5, 0.6) is 5.75 Å². The molecule has 106 valence electrons. The zero-order valence-electron chi connectivity index (χ0n) is 10.3. The highest BCUT2D eigenvalue weighted by Gasteiger charge is 2.29. The maximum Gasteiger partial charge on any atom is 0.405 e. The number of alkyl halides is 3. The van der Waals surface area contributed by atoms with Gasteiger partial charge in [0, 0.05) is 0 Å². The van der Waals surface area contributed by atoms with E-state index in [2.05, 4.69) is 0 Å². The van der Waals surface area contributed by atoms with E-state index in [1.54, 1.807) is 13.8 Å². The second-order valence-corrected chi connectivity index (χ2v) is 4.04. The van der Waals surface area contributed by atoms with E-state index >= 15 is 0 Å². The van der Waals surface area contributed by atoms with E-state index < -0.39 is 23.3 Å². The van der Waals surface area contributed by atoms with Crippen molar-refractivity contribution in [1.82, 2.24) is 0 Å². The van der Waals surface area contributed by atoms with Crippen LogP contribution in [0.2, 0.25) is 0 Å². The molecule has 0 aliphatic carbocycles. The van der Waals surface area contributed by atoms with E-state index in [1.807, 2.05) is 5.32 Å². The molecule has 0 spiro atoms. The average molecular weight is 278 g/mol. The number of benzene rings is 1. The highest BCUT2D eigenvalue weighted by atomic mass is 19.4. The molecule has 0 aliphatic heterocycles. The van der Waals surface area contributed by atoms with E-state index in [-0.39, 0.29) is 17.5 Å². The molecule has 0 aliphatic rings. The van der Waals surface area contributed by atoms with Crippen molar-refractivity contribution in [3.63, 3.8) is 0 Å². The predicted octanol–water partition coefficient (Wildman–Crippen LogP) is 3.36. The minimum absolute atomic E-state index is 0.0628. The second kappa shape index (κ2) is 5.77. The van der Waals surface area contributed by atoms with Crippen LogP contribution in [0.15, 0.2) is 18.2 Å². The molecule has 0 aromatic heterocycles. The Kier molecular flexibility index (Phi) is 4.57. The van der Waals surface area contributed by atoms with Crippen LogP contribution in [0.3, 0.4) is 0 Å². The molecule has 0 atom stereocenters. The van der Waals surface area contributed by atoms with Crippen LogP contribution in [0, 0.1) is 10.1 Å². The first kappa shape index (κ1) is 15.1. The monoisotopic (exact) mass is 278 g/mol. The van der Waals surface area contributed by atoms with Crippen molar-refractivity contribution in [1.29, 1.82) is 0 Å². The topological polar surface area (TPSA) is 64.4 Å². The number of nitro groups is 1. The summed E-state index contributed by atoms with van der Waals surface area (Å²) in [7, 11) is 0. The van der Waals surface area contributed by atoms with Crippen LogP contribution in [0.4, 0.5) is 24.5 Å². The number of ether oxygens (including phenoxy) is 1. The maximum absolute atomic E-state index is 12.1.